The van der Waals surface area contributed by atoms with Crippen LogP contribution in [0, 0.1) is 0 Å². The lowest BCUT2D eigenvalue weighted by Gasteiger charge is -2.17. The summed E-state index contributed by atoms with van der Waals surface area (Å²) in [4.78, 5) is 12.4. The molecule has 0 radical (unpaired) electrons. The summed E-state index contributed by atoms with van der Waals surface area (Å²) in [5, 5.41) is 0. The first-order valence-corrected chi connectivity index (χ1v) is 6.87. The number of carbonyl (C=O) groups is 1. The summed E-state index contributed by atoms with van der Waals surface area (Å²) in [5.41, 5.74) is 0.496. The van der Waals surface area contributed by atoms with Crippen molar-refractivity contribution in [2.24, 2.45) is 0 Å². The second kappa shape index (κ2) is 7.50. The maximum absolute atomic E-state index is 12.4. The Kier molecular flexibility index (Phi) is 6.31. The van der Waals surface area contributed by atoms with Gasteiger partial charge in [-0.15, -0.1) is 0 Å². The van der Waals surface area contributed by atoms with Gasteiger partial charge in [-0.05, 0) is 34.5 Å². The van der Waals surface area contributed by atoms with Crippen molar-refractivity contribution in [1.29, 1.82) is 0 Å². The van der Waals surface area contributed by atoms with Gasteiger partial charge in [-0.1, -0.05) is 13.3 Å². The van der Waals surface area contributed by atoms with Gasteiger partial charge in [-0.3, -0.25) is 4.79 Å². The van der Waals surface area contributed by atoms with Gasteiger partial charge < -0.3 is 14.2 Å². The highest BCUT2D eigenvalue weighted by molar-refractivity contribution is 9.10. The lowest BCUT2D eigenvalue weighted by atomic mass is 10.0. The molecule has 106 valence electrons. The van der Waals surface area contributed by atoms with E-state index in [4.69, 9.17) is 14.2 Å². The average molecular weight is 331 g/mol. The Morgan fingerprint density at radius 1 is 1.26 bits per heavy atom. The molecular weight excluding hydrogens is 312 g/mol. The minimum atomic E-state index is -0.445. The van der Waals surface area contributed by atoms with E-state index in [0.717, 1.165) is 6.42 Å². The fourth-order valence-corrected chi connectivity index (χ4v) is 2.55. The molecule has 1 aromatic rings. The molecule has 1 aromatic carbocycles. The smallest absolute Gasteiger partial charge is 0.195 e. The fraction of sp³-hybridized carbons (Fsp3) is 0.500. The predicted molar refractivity (Wildman–Crippen MR) is 77.3 cm³/mol. The van der Waals surface area contributed by atoms with Crippen LogP contribution in [-0.4, -0.2) is 33.2 Å². The highest BCUT2D eigenvalue weighted by Gasteiger charge is 2.24. The normalized spacial score (nSPS) is 12.1. The fourth-order valence-electron chi connectivity index (χ4n) is 1.88. The van der Waals surface area contributed by atoms with Crippen molar-refractivity contribution < 1.29 is 19.0 Å². The van der Waals surface area contributed by atoms with Crippen molar-refractivity contribution in [3.63, 3.8) is 0 Å². The molecule has 5 heteroatoms. The molecule has 1 unspecified atom stereocenters. The van der Waals surface area contributed by atoms with Gasteiger partial charge in [-0.2, -0.15) is 0 Å². The molecule has 0 amide bonds. The standard InChI is InChI=1S/C14H19BrO4/c1-5-6-11(18-3)13(16)9-7-8-10(17-2)12(15)14(9)19-4/h7-8,11H,5-6H2,1-4H3. The SMILES string of the molecule is CCCC(OC)C(=O)c1ccc(OC)c(Br)c1OC. The number of benzene rings is 1. The zero-order valence-electron chi connectivity index (χ0n) is 11.7. The molecule has 0 fully saturated rings. The van der Waals surface area contributed by atoms with Crippen LogP contribution in [0.1, 0.15) is 30.1 Å². The molecule has 1 atom stereocenters. The van der Waals surface area contributed by atoms with E-state index < -0.39 is 6.10 Å². The second-order valence-electron chi connectivity index (χ2n) is 4.04. The van der Waals surface area contributed by atoms with Gasteiger partial charge in [0.1, 0.15) is 22.1 Å². The molecule has 0 spiro atoms. The van der Waals surface area contributed by atoms with E-state index in [1.807, 2.05) is 6.92 Å². The number of methoxy groups -OCH3 is 3. The van der Waals surface area contributed by atoms with Crippen LogP contribution in [0.4, 0.5) is 0 Å². The van der Waals surface area contributed by atoms with E-state index >= 15 is 0 Å². The highest BCUT2D eigenvalue weighted by atomic mass is 79.9. The van der Waals surface area contributed by atoms with Crippen LogP contribution in [0.5, 0.6) is 11.5 Å². The number of Topliss-reactive ketones (excluding diaryl/α,β-unsaturated/α-hetero) is 1. The molecule has 0 aliphatic carbocycles. The van der Waals surface area contributed by atoms with E-state index in [0.29, 0.717) is 28.0 Å². The van der Waals surface area contributed by atoms with E-state index in [9.17, 15) is 4.79 Å². The Labute approximate surface area is 122 Å². The van der Waals surface area contributed by atoms with Crippen molar-refractivity contribution in [1.82, 2.24) is 0 Å². The molecule has 0 saturated carbocycles. The summed E-state index contributed by atoms with van der Waals surface area (Å²) in [6.07, 6.45) is 1.12. The van der Waals surface area contributed by atoms with Crippen molar-refractivity contribution in [2.75, 3.05) is 21.3 Å². The molecule has 0 aliphatic heterocycles. The average Bonchev–Trinajstić information content (AvgIpc) is 2.43. The summed E-state index contributed by atoms with van der Waals surface area (Å²) in [6.45, 7) is 2.01. The van der Waals surface area contributed by atoms with Gasteiger partial charge in [0.2, 0.25) is 0 Å². The number of halogens is 1. The summed E-state index contributed by atoms with van der Waals surface area (Å²) < 4.78 is 16.4. The molecule has 0 N–H and O–H groups in total. The van der Waals surface area contributed by atoms with Gasteiger partial charge in [0.05, 0.1) is 19.8 Å². The number of hydrogen-bond acceptors (Lipinski definition) is 4. The zero-order chi connectivity index (χ0) is 14.4. The van der Waals surface area contributed by atoms with Crippen molar-refractivity contribution in [2.45, 2.75) is 25.9 Å². The van der Waals surface area contributed by atoms with E-state index in [-0.39, 0.29) is 5.78 Å². The highest BCUT2D eigenvalue weighted by Crippen LogP contribution is 2.37. The third-order valence-corrected chi connectivity index (χ3v) is 3.63. The summed E-state index contributed by atoms with van der Waals surface area (Å²) >= 11 is 3.39. The molecule has 4 nitrogen and oxygen atoms in total. The van der Waals surface area contributed by atoms with Crippen LogP contribution < -0.4 is 9.47 Å². The lowest BCUT2D eigenvalue weighted by Crippen LogP contribution is -2.23. The Bertz CT molecular complexity index is 445. The monoisotopic (exact) mass is 330 g/mol. The van der Waals surface area contributed by atoms with Crippen molar-refractivity contribution >= 4 is 21.7 Å². The quantitative estimate of drug-likeness (QED) is 0.718. The van der Waals surface area contributed by atoms with Crippen LogP contribution in [0.15, 0.2) is 16.6 Å². The minimum absolute atomic E-state index is 0.0791. The van der Waals surface area contributed by atoms with Gasteiger partial charge in [0.15, 0.2) is 5.78 Å². The third-order valence-electron chi connectivity index (χ3n) is 2.88. The molecule has 0 heterocycles. The maximum atomic E-state index is 12.4. The van der Waals surface area contributed by atoms with Crippen LogP contribution in [0.2, 0.25) is 0 Å². The lowest BCUT2D eigenvalue weighted by molar-refractivity contribution is 0.0575. The second-order valence-corrected chi connectivity index (χ2v) is 4.83. The van der Waals surface area contributed by atoms with E-state index in [1.165, 1.54) is 7.11 Å². The first-order chi connectivity index (χ1) is 9.10. The zero-order valence-corrected chi connectivity index (χ0v) is 13.2. The third kappa shape index (κ3) is 3.48. The van der Waals surface area contributed by atoms with Gasteiger partial charge in [-0.25, -0.2) is 0 Å². The molecular formula is C14H19BrO4. The Morgan fingerprint density at radius 2 is 1.95 bits per heavy atom. The van der Waals surface area contributed by atoms with Gasteiger partial charge in [0.25, 0.3) is 0 Å². The molecule has 0 aromatic heterocycles. The van der Waals surface area contributed by atoms with Crippen LogP contribution in [0.3, 0.4) is 0 Å². The van der Waals surface area contributed by atoms with Crippen LogP contribution in [-0.2, 0) is 4.74 Å². The van der Waals surface area contributed by atoms with E-state index in [2.05, 4.69) is 15.9 Å². The van der Waals surface area contributed by atoms with Crippen molar-refractivity contribution in [3.05, 3.63) is 22.2 Å². The first-order valence-electron chi connectivity index (χ1n) is 6.08. The predicted octanol–water partition coefficient (Wildman–Crippen LogP) is 3.46. The Morgan fingerprint density at radius 3 is 2.42 bits per heavy atom. The number of ether oxygens (including phenoxy) is 3. The molecule has 1 rings (SSSR count). The minimum Gasteiger partial charge on any atom is -0.495 e. The summed E-state index contributed by atoms with van der Waals surface area (Å²) in [6, 6.07) is 3.44. The Hall–Kier alpha value is -1.07. The maximum Gasteiger partial charge on any atom is 0.195 e. The number of hydrogen-bond donors (Lipinski definition) is 0. The molecule has 19 heavy (non-hydrogen) atoms. The van der Waals surface area contributed by atoms with Crippen LogP contribution in [0.25, 0.3) is 0 Å². The summed E-state index contributed by atoms with van der Waals surface area (Å²) in [5.74, 6) is 1.02. The van der Waals surface area contributed by atoms with Gasteiger partial charge in [0, 0.05) is 7.11 Å². The summed E-state index contributed by atoms with van der Waals surface area (Å²) in [7, 11) is 4.64. The largest absolute Gasteiger partial charge is 0.495 e. The number of rotatable bonds is 7. The first kappa shape index (κ1) is 16.0. The van der Waals surface area contributed by atoms with E-state index in [1.54, 1.807) is 26.4 Å². The Balaban J connectivity index is 3.19. The molecule has 0 saturated heterocycles. The van der Waals surface area contributed by atoms with Crippen molar-refractivity contribution in [3.8, 4) is 11.5 Å². The topological polar surface area (TPSA) is 44.8 Å². The molecule has 0 aliphatic rings. The number of carbonyl (C=O) groups excluding carboxylic acids is 1. The van der Waals surface area contributed by atoms with Gasteiger partial charge >= 0.3 is 0 Å². The molecule has 0 bridgehead atoms. The number of ketones is 1. The van der Waals surface area contributed by atoms with Crippen LogP contribution >= 0.6 is 15.9 Å².